The van der Waals surface area contributed by atoms with Gasteiger partial charge in [0.2, 0.25) is 0 Å². The lowest BCUT2D eigenvalue weighted by Crippen LogP contribution is -2.24. The Hall–Kier alpha value is -0.120. The van der Waals surface area contributed by atoms with Crippen LogP contribution >= 0.6 is 0 Å². The van der Waals surface area contributed by atoms with Crippen LogP contribution in [0.5, 0.6) is 0 Å². The van der Waals surface area contributed by atoms with E-state index >= 15 is 0 Å². The first-order valence-corrected chi connectivity index (χ1v) is 11.0. The van der Waals surface area contributed by atoms with Gasteiger partial charge in [-0.05, 0) is 20.3 Å². The van der Waals surface area contributed by atoms with Gasteiger partial charge in [-0.2, -0.15) is 0 Å². The van der Waals surface area contributed by atoms with Gasteiger partial charge >= 0.3 is 0 Å². The zero-order valence-corrected chi connectivity index (χ0v) is 17.3. The third-order valence-electron chi connectivity index (χ3n) is 5.01. The summed E-state index contributed by atoms with van der Waals surface area (Å²) in [4.78, 5) is 0. The predicted octanol–water partition coefficient (Wildman–Crippen LogP) is 6.64. The summed E-state index contributed by atoms with van der Waals surface area (Å²) in [6.07, 6.45) is 19.7. The van der Waals surface area contributed by atoms with E-state index in [1.54, 1.807) is 0 Å². The summed E-state index contributed by atoms with van der Waals surface area (Å²) in [5.74, 6) is -0.428. The molecule has 0 aliphatic carbocycles. The Balaban J connectivity index is 1.70. The lowest BCUT2D eigenvalue weighted by Gasteiger charge is -2.17. The first-order chi connectivity index (χ1) is 12.1. The van der Waals surface area contributed by atoms with Crippen LogP contribution in [0.1, 0.15) is 111 Å². The monoisotopic (exact) mass is 356 g/mol. The molecule has 1 rings (SSSR count). The number of hydrogen-bond donors (Lipinski definition) is 0. The van der Waals surface area contributed by atoms with Crippen molar-refractivity contribution in [2.45, 2.75) is 123 Å². The third-order valence-corrected chi connectivity index (χ3v) is 5.01. The van der Waals surface area contributed by atoms with Crippen molar-refractivity contribution in [3.05, 3.63) is 0 Å². The van der Waals surface area contributed by atoms with Crippen molar-refractivity contribution < 1.29 is 14.2 Å². The minimum absolute atomic E-state index is 0.113. The number of hydrogen-bond acceptors (Lipinski definition) is 3. The average molecular weight is 357 g/mol. The molecule has 0 N–H and O–H groups in total. The van der Waals surface area contributed by atoms with Crippen molar-refractivity contribution in [1.29, 1.82) is 0 Å². The van der Waals surface area contributed by atoms with Crippen LogP contribution in [-0.2, 0) is 14.2 Å². The number of rotatable bonds is 17. The molecular weight excluding hydrogens is 312 g/mol. The molecule has 0 aromatic carbocycles. The van der Waals surface area contributed by atoms with Gasteiger partial charge in [0, 0.05) is 6.61 Å². The summed E-state index contributed by atoms with van der Waals surface area (Å²) >= 11 is 0. The molecule has 0 unspecified atom stereocenters. The Bertz CT molecular complexity index is 291. The van der Waals surface area contributed by atoms with E-state index in [-0.39, 0.29) is 6.10 Å². The minimum atomic E-state index is -0.428. The van der Waals surface area contributed by atoms with Gasteiger partial charge in [-0.25, -0.2) is 0 Å². The molecular formula is C22H44O3. The Kier molecular flexibility index (Phi) is 13.7. The lowest BCUT2D eigenvalue weighted by molar-refractivity contribution is -0.145. The number of unbranched alkanes of at least 4 members (excludes halogenated alkanes) is 13. The van der Waals surface area contributed by atoms with Crippen LogP contribution in [0, 0.1) is 0 Å². The molecule has 0 radical (unpaired) electrons. The maximum absolute atomic E-state index is 5.73. The molecule has 1 atom stereocenters. The fourth-order valence-corrected chi connectivity index (χ4v) is 3.46. The Morgan fingerprint density at radius 2 is 1.24 bits per heavy atom. The van der Waals surface area contributed by atoms with E-state index < -0.39 is 5.79 Å². The highest BCUT2D eigenvalue weighted by Gasteiger charge is 2.32. The Labute approximate surface area is 157 Å². The summed E-state index contributed by atoms with van der Waals surface area (Å²) < 4.78 is 17.0. The summed E-state index contributed by atoms with van der Waals surface area (Å²) in [6, 6.07) is 0. The second-order valence-electron chi connectivity index (χ2n) is 8.12. The van der Waals surface area contributed by atoms with E-state index in [9.17, 15) is 0 Å². The van der Waals surface area contributed by atoms with Crippen LogP contribution in [-0.4, -0.2) is 31.7 Å². The molecule has 0 saturated carbocycles. The smallest absolute Gasteiger partial charge is 0.163 e. The topological polar surface area (TPSA) is 27.7 Å². The van der Waals surface area contributed by atoms with Gasteiger partial charge in [-0.3, -0.25) is 0 Å². The summed E-state index contributed by atoms with van der Waals surface area (Å²) in [7, 11) is 0. The van der Waals surface area contributed by atoms with E-state index in [0.717, 1.165) is 6.61 Å². The highest BCUT2D eigenvalue weighted by Crippen LogP contribution is 2.22. The standard InChI is InChI=1S/C22H44O3/c1-4-5-6-7-8-9-10-11-12-13-14-15-16-17-18-23-19-21-20-24-22(2,3)25-21/h21H,4-20H2,1-3H3/t21-/m1/s1. The normalized spacial score (nSPS) is 19.6. The van der Waals surface area contributed by atoms with Crippen LogP contribution in [0.15, 0.2) is 0 Å². The van der Waals surface area contributed by atoms with Gasteiger partial charge in [0.25, 0.3) is 0 Å². The van der Waals surface area contributed by atoms with Crippen molar-refractivity contribution in [2.75, 3.05) is 19.8 Å². The van der Waals surface area contributed by atoms with Crippen molar-refractivity contribution in [2.24, 2.45) is 0 Å². The highest BCUT2D eigenvalue weighted by molar-refractivity contribution is 4.70. The molecule has 150 valence electrons. The molecule has 0 aromatic rings. The van der Waals surface area contributed by atoms with Gasteiger partial charge in [-0.1, -0.05) is 90.4 Å². The first-order valence-electron chi connectivity index (χ1n) is 11.0. The molecule has 0 aromatic heterocycles. The highest BCUT2D eigenvalue weighted by atomic mass is 16.7. The van der Waals surface area contributed by atoms with Gasteiger partial charge in [0.15, 0.2) is 5.79 Å². The third kappa shape index (κ3) is 13.7. The zero-order valence-electron chi connectivity index (χ0n) is 17.3. The molecule has 1 saturated heterocycles. The van der Waals surface area contributed by atoms with Crippen LogP contribution in [0.4, 0.5) is 0 Å². The van der Waals surface area contributed by atoms with Crippen molar-refractivity contribution in [3.63, 3.8) is 0 Å². The van der Waals surface area contributed by atoms with Crippen LogP contribution in [0.25, 0.3) is 0 Å². The molecule has 0 bridgehead atoms. The Morgan fingerprint density at radius 1 is 0.760 bits per heavy atom. The maximum Gasteiger partial charge on any atom is 0.163 e. The summed E-state index contributed by atoms with van der Waals surface area (Å²) in [5.41, 5.74) is 0. The zero-order chi connectivity index (χ0) is 18.2. The van der Waals surface area contributed by atoms with Gasteiger partial charge in [-0.15, -0.1) is 0 Å². The molecule has 1 fully saturated rings. The van der Waals surface area contributed by atoms with Crippen LogP contribution in [0.2, 0.25) is 0 Å². The number of ether oxygens (including phenoxy) is 3. The molecule has 1 aliphatic rings. The fraction of sp³-hybridized carbons (Fsp3) is 1.00. The summed E-state index contributed by atoms with van der Waals surface area (Å²) in [5, 5.41) is 0. The quantitative estimate of drug-likeness (QED) is 0.274. The second-order valence-corrected chi connectivity index (χ2v) is 8.12. The van der Waals surface area contributed by atoms with Crippen molar-refractivity contribution >= 4 is 0 Å². The minimum Gasteiger partial charge on any atom is -0.379 e. The van der Waals surface area contributed by atoms with E-state index in [1.807, 2.05) is 13.8 Å². The molecule has 0 spiro atoms. The molecule has 3 heteroatoms. The second kappa shape index (κ2) is 15.0. The SMILES string of the molecule is CCCCCCCCCCCCCCCCOC[C@@H]1COC(C)(C)O1. The van der Waals surface area contributed by atoms with E-state index in [0.29, 0.717) is 13.2 Å². The van der Waals surface area contributed by atoms with E-state index in [4.69, 9.17) is 14.2 Å². The molecule has 1 heterocycles. The van der Waals surface area contributed by atoms with Gasteiger partial charge < -0.3 is 14.2 Å². The van der Waals surface area contributed by atoms with Crippen LogP contribution in [0.3, 0.4) is 0 Å². The van der Waals surface area contributed by atoms with E-state index in [1.165, 1.54) is 89.9 Å². The average Bonchev–Trinajstić information content (AvgIpc) is 2.93. The van der Waals surface area contributed by atoms with E-state index in [2.05, 4.69) is 6.92 Å². The molecule has 1 aliphatic heterocycles. The van der Waals surface area contributed by atoms with Gasteiger partial charge in [0.1, 0.15) is 6.10 Å². The molecule has 3 nitrogen and oxygen atoms in total. The van der Waals surface area contributed by atoms with Crippen molar-refractivity contribution in [1.82, 2.24) is 0 Å². The van der Waals surface area contributed by atoms with Crippen molar-refractivity contribution in [3.8, 4) is 0 Å². The maximum atomic E-state index is 5.73. The van der Waals surface area contributed by atoms with Crippen LogP contribution < -0.4 is 0 Å². The fourth-order valence-electron chi connectivity index (χ4n) is 3.46. The first kappa shape index (κ1) is 22.9. The largest absolute Gasteiger partial charge is 0.379 e. The lowest BCUT2D eigenvalue weighted by atomic mass is 10.0. The van der Waals surface area contributed by atoms with Gasteiger partial charge in [0.05, 0.1) is 13.2 Å². The molecule has 0 amide bonds. The predicted molar refractivity (Wildman–Crippen MR) is 106 cm³/mol. The molecule has 25 heavy (non-hydrogen) atoms. The summed E-state index contributed by atoms with van der Waals surface area (Å²) in [6.45, 7) is 8.39. The Morgan fingerprint density at radius 3 is 1.68 bits per heavy atom.